The molecule has 10 heteroatoms. The Morgan fingerprint density at radius 2 is 1.76 bits per heavy atom. The fourth-order valence-electron chi connectivity index (χ4n) is 5.55. The van der Waals surface area contributed by atoms with Crippen LogP contribution in [0.5, 0.6) is 0 Å². The van der Waals surface area contributed by atoms with Gasteiger partial charge in [0.2, 0.25) is 0 Å². The summed E-state index contributed by atoms with van der Waals surface area (Å²) in [4.78, 5) is 46.4. The molecular formula is C32H28N4O5S. The Morgan fingerprint density at radius 1 is 1.07 bits per heavy atom. The molecule has 0 amide bonds. The van der Waals surface area contributed by atoms with E-state index in [0.717, 1.165) is 42.7 Å². The van der Waals surface area contributed by atoms with Gasteiger partial charge in [-0.15, -0.1) is 0 Å². The van der Waals surface area contributed by atoms with E-state index in [-0.39, 0.29) is 23.4 Å². The van der Waals surface area contributed by atoms with Gasteiger partial charge in [-0.3, -0.25) is 19.5 Å². The maximum Gasteiger partial charge on any atom is 0.338 e. The van der Waals surface area contributed by atoms with E-state index < -0.39 is 16.9 Å². The summed E-state index contributed by atoms with van der Waals surface area (Å²) in [5.41, 5.74) is 3.26. The Balaban J connectivity index is 1.62. The van der Waals surface area contributed by atoms with Crippen molar-refractivity contribution in [1.82, 2.24) is 4.57 Å². The van der Waals surface area contributed by atoms with Crippen LogP contribution in [-0.2, 0) is 9.53 Å². The molecule has 0 saturated carbocycles. The van der Waals surface area contributed by atoms with Gasteiger partial charge in [0.1, 0.15) is 0 Å². The van der Waals surface area contributed by atoms with E-state index in [9.17, 15) is 19.7 Å². The lowest BCUT2D eigenvalue weighted by Crippen LogP contribution is -2.40. The van der Waals surface area contributed by atoms with E-state index in [0.29, 0.717) is 20.6 Å². The fraction of sp³-hybridized carbons (Fsp3) is 0.219. The summed E-state index contributed by atoms with van der Waals surface area (Å²) in [7, 11) is 0. The first-order valence-corrected chi connectivity index (χ1v) is 14.6. The number of nitro groups is 1. The number of rotatable bonds is 7. The van der Waals surface area contributed by atoms with Crippen LogP contribution < -0.4 is 19.8 Å². The average molecular weight is 581 g/mol. The van der Waals surface area contributed by atoms with Crippen molar-refractivity contribution in [3.8, 4) is 0 Å². The lowest BCUT2D eigenvalue weighted by molar-refractivity contribution is -0.384. The molecule has 2 aliphatic heterocycles. The summed E-state index contributed by atoms with van der Waals surface area (Å²) in [6, 6.07) is 22.7. The Morgan fingerprint density at radius 3 is 2.43 bits per heavy atom. The van der Waals surface area contributed by atoms with Gasteiger partial charge in [-0.05, 0) is 37.5 Å². The molecule has 42 heavy (non-hydrogen) atoms. The number of aromatic nitrogens is 1. The third-order valence-corrected chi connectivity index (χ3v) is 8.43. The maximum atomic E-state index is 14.2. The number of hydrogen-bond donors (Lipinski definition) is 0. The molecule has 9 nitrogen and oxygen atoms in total. The lowest BCUT2D eigenvalue weighted by atomic mass is 9.93. The van der Waals surface area contributed by atoms with Crippen LogP contribution >= 0.6 is 11.3 Å². The molecule has 1 aromatic heterocycles. The van der Waals surface area contributed by atoms with Gasteiger partial charge in [-0.25, -0.2) is 9.79 Å². The third-order valence-electron chi connectivity index (χ3n) is 7.44. The van der Waals surface area contributed by atoms with E-state index in [1.807, 2.05) is 60.7 Å². The number of ether oxygens (including phenoxy) is 1. The van der Waals surface area contributed by atoms with Crippen molar-refractivity contribution in [3.63, 3.8) is 0 Å². The molecule has 4 aromatic rings. The molecule has 0 spiro atoms. The van der Waals surface area contributed by atoms with Crippen LogP contribution in [0.1, 0.15) is 42.5 Å². The van der Waals surface area contributed by atoms with Crippen LogP contribution in [0.15, 0.2) is 94.2 Å². The summed E-state index contributed by atoms with van der Waals surface area (Å²) in [5, 5.41) is 11.6. The largest absolute Gasteiger partial charge is 0.463 e. The van der Waals surface area contributed by atoms with E-state index in [1.165, 1.54) is 28.0 Å². The van der Waals surface area contributed by atoms with Gasteiger partial charge in [0, 0.05) is 42.0 Å². The Bertz CT molecular complexity index is 1870. The highest BCUT2D eigenvalue weighted by molar-refractivity contribution is 7.07. The smallest absolute Gasteiger partial charge is 0.338 e. The third kappa shape index (κ3) is 5.05. The molecule has 3 heterocycles. The normalized spacial score (nSPS) is 16.7. The summed E-state index contributed by atoms with van der Waals surface area (Å²) >= 11 is 1.20. The highest BCUT2D eigenvalue weighted by Crippen LogP contribution is 2.35. The van der Waals surface area contributed by atoms with Gasteiger partial charge >= 0.3 is 5.97 Å². The number of benzene rings is 3. The Labute approximate surface area is 245 Å². The Kier molecular flexibility index (Phi) is 7.54. The zero-order chi connectivity index (χ0) is 29.2. The van der Waals surface area contributed by atoms with Gasteiger partial charge in [-0.1, -0.05) is 72.0 Å². The molecule has 0 N–H and O–H groups in total. The monoisotopic (exact) mass is 580 g/mol. The van der Waals surface area contributed by atoms with Crippen LogP contribution in [0, 0.1) is 10.1 Å². The van der Waals surface area contributed by atoms with Crippen molar-refractivity contribution in [1.29, 1.82) is 0 Å². The SMILES string of the molecule is CCOC(=O)C1=C(c2ccccc2)N=c2sc(=Cc3cc([N+](=O)[O-])ccc3N3CCCC3)c(=O)n2[C@H]1c1ccccc1. The highest BCUT2D eigenvalue weighted by atomic mass is 32.1. The average Bonchev–Trinajstić information content (AvgIpc) is 3.65. The summed E-state index contributed by atoms with van der Waals surface area (Å²) in [5.74, 6) is -0.543. The summed E-state index contributed by atoms with van der Waals surface area (Å²) in [6.45, 7) is 3.60. The second kappa shape index (κ2) is 11.6. The fourth-order valence-corrected chi connectivity index (χ4v) is 6.54. The second-order valence-corrected chi connectivity index (χ2v) is 11.0. The first kappa shape index (κ1) is 27.3. The van der Waals surface area contributed by atoms with Gasteiger partial charge in [0.15, 0.2) is 4.80 Å². The van der Waals surface area contributed by atoms with E-state index >= 15 is 0 Å². The minimum Gasteiger partial charge on any atom is -0.463 e. The number of nitro benzene ring substituents is 1. The molecule has 212 valence electrons. The molecule has 1 atom stereocenters. The highest BCUT2D eigenvalue weighted by Gasteiger charge is 2.35. The molecule has 3 aromatic carbocycles. The van der Waals surface area contributed by atoms with Crippen LogP contribution in [0.25, 0.3) is 11.8 Å². The topological polar surface area (TPSA) is 107 Å². The summed E-state index contributed by atoms with van der Waals surface area (Å²) < 4.78 is 7.41. The standard InChI is InChI=1S/C32H28N4O5S/c1-2-41-31(38)27-28(21-11-5-3-6-12-21)33-32-35(29(27)22-13-7-4-8-14-22)30(37)26(42-32)20-23-19-24(36(39)40)15-16-25(23)34-17-9-10-18-34/h3-8,11-16,19-20,29H,2,9-10,17-18H2,1H3/t29-/m0/s1. The van der Waals surface area contributed by atoms with Crippen molar-refractivity contribution < 1.29 is 14.5 Å². The molecule has 1 saturated heterocycles. The molecule has 1 fully saturated rings. The van der Waals surface area contributed by atoms with Crippen molar-refractivity contribution in [3.05, 3.63) is 131 Å². The molecule has 0 aliphatic carbocycles. The number of anilines is 1. The molecule has 0 unspecified atom stereocenters. The maximum absolute atomic E-state index is 14.2. The first-order valence-electron chi connectivity index (χ1n) is 13.8. The number of carbonyl (C=O) groups excluding carboxylic acids is 1. The Hall–Kier alpha value is -4.83. The van der Waals surface area contributed by atoms with Crippen molar-refractivity contribution in [2.75, 3.05) is 24.6 Å². The van der Waals surface area contributed by atoms with E-state index in [4.69, 9.17) is 9.73 Å². The van der Waals surface area contributed by atoms with Gasteiger partial charge in [0.05, 0.1) is 33.4 Å². The van der Waals surface area contributed by atoms with Crippen molar-refractivity contribution in [2.45, 2.75) is 25.8 Å². The van der Waals surface area contributed by atoms with Crippen molar-refractivity contribution in [2.24, 2.45) is 4.99 Å². The first-order chi connectivity index (χ1) is 20.5. The number of fused-ring (bicyclic) bond motifs is 1. The molecule has 6 rings (SSSR count). The zero-order valence-corrected chi connectivity index (χ0v) is 23.8. The predicted octanol–water partition coefficient (Wildman–Crippen LogP) is 4.44. The lowest BCUT2D eigenvalue weighted by Gasteiger charge is -2.25. The molecule has 2 aliphatic rings. The van der Waals surface area contributed by atoms with Gasteiger partial charge in [-0.2, -0.15) is 0 Å². The van der Waals surface area contributed by atoms with E-state index in [2.05, 4.69) is 4.90 Å². The van der Waals surface area contributed by atoms with Crippen molar-refractivity contribution >= 4 is 40.5 Å². The zero-order valence-electron chi connectivity index (χ0n) is 22.9. The number of hydrogen-bond acceptors (Lipinski definition) is 8. The predicted molar refractivity (Wildman–Crippen MR) is 162 cm³/mol. The van der Waals surface area contributed by atoms with Gasteiger partial charge in [0.25, 0.3) is 11.2 Å². The van der Waals surface area contributed by atoms with Crippen LogP contribution in [0.4, 0.5) is 11.4 Å². The summed E-state index contributed by atoms with van der Waals surface area (Å²) in [6.07, 6.45) is 3.78. The van der Waals surface area contributed by atoms with Crippen LogP contribution in [-0.4, -0.2) is 35.2 Å². The number of thiazole rings is 1. The molecule has 0 radical (unpaired) electrons. The quantitative estimate of drug-likeness (QED) is 0.182. The minimum atomic E-state index is -0.776. The van der Waals surface area contributed by atoms with Gasteiger partial charge < -0.3 is 9.64 Å². The van der Waals surface area contributed by atoms with Crippen LogP contribution in [0.3, 0.4) is 0 Å². The number of carbonyl (C=O) groups is 1. The minimum absolute atomic E-state index is 0.0462. The number of nitrogens with zero attached hydrogens (tertiary/aromatic N) is 4. The molecule has 0 bridgehead atoms. The van der Waals surface area contributed by atoms with Crippen LogP contribution in [0.2, 0.25) is 0 Å². The second-order valence-electron chi connectivity index (χ2n) is 10.0. The number of esters is 1. The number of non-ortho nitro benzene ring substituents is 1. The van der Waals surface area contributed by atoms with E-state index in [1.54, 1.807) is 19.1 Å². The molecular weight excluding hydrogens is 552 g/mol.